The second-order valence-corrected chi connectivity index (χ2v) is 5.89. The fraction of sp³-hybridized carbons (Fsp3) is 0.529. The molecule has 4 nitrogen and oxygen atoms in total. The summed E-state index contributed by atoms with van der Waals surface area (Å²) in [7, 11) is 1.76. The maximum absolute atomic E-state index is 12.2. The highest BCUT2D eigenvalue weighted by atomic mass is 16.4. The minimum atomic E-state index is -0.806. The van der Waals surface area contributed by atoms with Crippen molar-refractivity contribution in [3.8, 4) is 0 Å². The lowest BCUT2D eigenvalue weighted by Crippen LogP contribution is -2.31. The van der Waals surface area contributed by atoms with Gasteiger partial charge in [0.25, 0.3) is 0 Å². The summed E-state index contributed by atoms with van der Waals surface area (Å²) in [6, 6.07) is 8.45. The van der Waals surface area contributed by atoms with E-state index in [1.807, 2.05) is 0 Å². The van der Waals surface area contributed by atoms with Gasteiger partial charge in [-0.25, -0.2) is 0 Å². The predicted molar refractivity (Wildman–Crippen MR) is 81.1 cm³/mol. The molecule has 21 heavy (non-hydrogen) atoms. The van der Waals surface area contributed by atoms with E-state index in [9.17, 15) is 9.59 Å². The number of carbonyl (C=O) groups is 2. The molecule has 1 aliphatic carbocycles. The number of fused-ring (bicyclic) bond motifs is 1. The van der Waals surface area contributed by atoms with Crippen LogP contribution in [0, 0.1) is 5.92 Å². The summed E-state index contributed by atoms with van der Waals surface area (Å²) >= 11 is 0. The molecule has 0 bridgehead atoms. The average molecular weight is 289 g/mol. The van der Waals surface area contributed by atoms with E-state index in [2.05, 4.69) is 24.3 Å². The Morgan fingerprint density at radius 2 is 2.00 bits per heavy atom. The Kier molecular flexibility index (Phi) is 5.37. The van der Waals surface area contributed by atoms with Crippen LogP contribution in [0.5, 0.6) is 0 Å². The Hall–Kier alpha value is -1.84. The second-order valence-electron chi connectivity index (χ2n) is 5.89. The third-order valence-electron chi connectivity index (χ3n) is 4.22. The van der Waals surface area contributed by atoms with Crippen LogP contribution < -0.4 is 0 Å². The zero-order chi connectivity index (χ0) is 15.2. The zero-order valence-corrected chi connectivity index (χ0v) is 12.5. The molecule has 0 aromatic heterocycles. The molecule has 0 fully saturated rings. The van der Waals surface area contributed by atoms with Crippen molar-refractivity contribution >= 4 is 11.9 Å². The van der Waals surface area contributed by atoms with E-state index in [-0.39, 0.29) is 12.3 Å². The molecule has 2 rings (SSSR count). The lowest BCUT2D eigenvalue weighted by molar-refractivity contribution is -0.138. The first-order chi connectivity index (χ1) is 10.1. The van der Waals surface area contributed by atoms with Crippen LogP contribution in [0.2, 0.25) is 0 Å². The number of amides is 1. The summed E-state index contributed by atoms with van der Waals surface area (Å²) < 4.78 is 0. The number of carboxylic acids is 1. The molecule has 1 amide bonds. The summed E-state index contributed by atoms with van der Waals surface area (Å²) in [5.41, 5.74) is 2.78. The van der Waals surface area contributed by atoms with E-state index < -0.39 is 5.97 Å². The van der Waals surface area contributed by atoms with Gasteiger partial charge in [-0.3, -0.25) is 9.59 Å². The van der Waals surface area contributed by atoms with Gasteiger partial charge in [-0.2, -0.15) is 0 Å². The van der Waals surface area contributed by atoms with Crippen molar-refractivity contribution in [1.29, 1.82) is 0 Å². The number of hydrogen-bond acceptors (Lipinski definition) is 2. The van der Waals surface area contributed by atoms with E-state index >= 15 is 0 Å². The SMILES string of the molecule is CN(CCCC(=O)O)C(=O)CC1CCc2ccccc2C1. The van der Waals surface area contributed by atoms with Gasteiger partial charge in [-0.15, -0.1) is 0 Å². The van der Waals surface area contributed by atoms with Crippen LogP contribution in [0.15, 0.2) is 24.3 Å². The number of carbonyl (C=O) groups excluding carboxylic acids is 1. The first kappa shape index (κ1) is 15.5. The molecule has 1 aromatic rings. The summed E-state index contributed by atoms with van der Waals surface area (Å²) in [6.45, 7) is 0.522. The number of nitrogens with zero attached hydrogens (tertiary/aromatic N) is 1. The van der Waals surface area contributed by atoms with Crippen LogP contribution in [0.3, 0.4) is 0 Å². The first-order valence-corrected chi connectivity index (χ1v) is 7.59. The Labute approximate surface area is 125 Å². The highest BCUT2D eigenvalue weighted by Crippen LogP contribution is 2.27. The van der Waals surface area contributed by atoms with Gasteiger partial charge in [-0.1, -0.05) is 24.3 Å². The standard InChI is InChI=1S/C17H23NO3/c1-18(10-4-7-17(20)21)16(19)12-13-8-9-14-5-2-3-6-15(14)11-13/h2-3,5-6,13H,4,7-12H2,1H3,(H,20,21). The van der Waals surface area contributed by atoms with Gasteiger partial charge >= 0.3 is 5.97 Å². The summed E-state index contributed by atoms with van der Waals surface area (Å²) in [5, 5.41) is 8.62. The summed E-state index contributed by atoms with van der Waals surface area (Å²) in [5.74, 6) is -0.265. The zero-order valence-electron chi connectivity index (χ0n) is 12.5. The minimum Gasteiger partial charge on any atom is -0.481 e. The fourth-order valence-electron chi connectivity index (χ4n) is 2.94. The molecule has 1 aromatic carbocycles. The minimum absolute atomic E-state index is 0.119. The average Bonchev–Trinajstić information content (AvgIpc) is 2.46. The normalized spacial score (nSPS) is 17.1. The van der Waals surface area contributed by atoms with Crippen molar-refractivity contribution in [2.75, 3.05) is 13.6 Å². The Bertz CT molecular complexity index is 513. The van der Waals surface area contributed by atoms with Gasteiger partial charge in [-0.05, 0) is 42.7 Å². The van der Waals surface area contributed by atoms with Crippen molar-refractivity contribution in [3.05, 3.63) is 35.4 Å². The molecule has 1 atom stereocenters. The highest BCUT2D eigenvalue weighted by Gasteiger charge is 2.22. The van der Waals surface area contributed by atoms with Gasteiger partial charge in [0.1, 0.15) is 0 Å². The van der Waals surface area contributed by atoms with Gasteiger partial charge in [0.05, 0.1) is 0 Å². The number of aryl methyl sites for hydroxylation is 1. The van der Waals surface area contributed by atoms with Crippen LogP contribution in [0.1, 0.15) is 36.8 Å². The molecular formula is C17H23NO3. The molecule has 4 heteroatoms. The quantitative estimate of drug-likeness (QED) is 0.875. The molecule has 1 unspecified atom stereocenters. The summed E-state index contributed by atoms with van der Waals surface area (Å²) in [6.07, 6.45) is 4.30. The molecule has 1 N–H and O–H groups in total. The van der Waals surface area contributed by atoms with E-state index in [0.717, 1.165) is 19.3 Å². The third-order valence-corrected chi connectivity index (χ3v) is 4.22. The highest BCUT2D eigenvalue weighted by molar-refractivity contribution is 5.76. The summed E-state index contributed by atoms with van der Waals surface area (Å²) in [4.78, 5) is 24.3. The molecule has 0 aliphatic heterocycles. The molecule has 0 heterocycles. The maximum atomic E-state index is 12.2. The van der Waals surface area contributed by atoms with E-state index in [0.29, 0.717) is 25.3 Å². The maximum Gasteiger partial charge on any atom is 0.303 e. The van der Waals surface area contributed by atoms with E-state index in [1.165, 1.54) is 11.1 Å². The Morgan fingerprint density at radius 3 is 2.71 bits per heavy atom. The third kappa shape index (κ3) is 4.59. The van der Waals surface area contributed by atoms with Crippen molar-refractivity contribution in [1.82, 2.24) is 4.90 Å². The van der Waals surface area contributed by atoms with Crippen LogP contribution >= 0.6 is 0 Å². The fourth-order valence-corrected chi connectivity index (χ4v) is 2.94. The Morgan fingerprint density at radius 1 is 1.29 bits per heavy atom. The van der Waals surface area contributed by atoms with Gasteiger partial charge in [0.15, 0.2) is 0 Å². The lowest BCUT2D eigenvalue weighted by atomic mass is 9.82. The molecule has 0 radical (unpaired) electrons. The predicted octanol–water partition coefficient (Wildman–Crippen LogP) is 2.50. The molecule has 1 aliphatic rings. The largest absolute Gasteiger partial charge is 0.481 e. The van der Waals surface area contributed by atoms with Crippen molar-refractivity contribution in [2.24, 2.45) is 5.92 Å². The van der Waals surface area contributed by atoms with E-state index in [4.69, 9.17) is 5.11 Å². The van der Waals surface area contributed by atoms with Crippen LogP contribution in [-0.4, -0.2) is 35.5 Å². The van der Waals surface area contributed by atoms with Crippen molar-refractivity contribution < 1.29 is 14.7 Å². The molecular weight excluding hydrogens is 266 g/mol. The molecule has 0 spiro atoms. The monoisotopic (exact) mass is 289 g/mol. The topological polar surface area (TPSA) is 57.6 Å². The first-order valence-electron chi connectivity index (χ1n) is 7.59. The van der Waals surface area contributed by atoms with E-state index in [1.54, 1.807) is 11.9 Å². The molecule has 0 saturated heterocycles. The molecule has 114 valence electrons. The van der Waals surface area contributed by atoms with Crippen LogP contribution in [-0.2, 0) is 22.4 Å². The van der Waals surface area contributed by atoms with Gasteiger partial charge in [0, 0.05) is 26.4 Å². The van der Waals surface area contributed by atoms with Crippen LogP contribution in [0.4, 0.5) is 0 Å². The van der Waals surface area contributed by atoms with Crippen molar-refractivity contribution in [2.45, 2.75) is 38.5 Å². The number of rotatable bonds is 6. The molecule has 0 saturated carbocycles. The van der Waals surface area contributed by atoms with Crippen LogP contribution in [0.25, 0.3) is 0 Å². The number of aliphatic carboxylic acids is 1. The van der Waals surface area contributed by atoms with Crippen molar-refractivity contribution in [3.63, 3.8) is 0 Å². The Balaban J connectivity index is 1.79. The lowest BCUT2D eigenvalue weighted by Gasteiger charge is -2.26. The number of carboxylic acid groups (broad SMARTS) is 1. The van der Waals surface area contributed by atoms with Gasteiger partial charge in [0.2, 0.25) is 5.91 Å². The smallest absolute Gasteiger partial charge is 0.303 e. The second kappa shape index (κ2) is 7.25. The number of hydrogen-bond donors (Lipinski definition) is 1. The number of benzene rings is 1. The van der Waals surface area contributed by atoms with Gasteiger partial charge < -0.3 is 10.0 Å².